The number of nitrogens with one attached hydrogen (secondary N) is 2. The normalized spacial score (nSPS) is 15.8. The van der Waals surface area contributed by atoms with Crippen LogP contribution in [0.1, 0.15) is 46.5 Å². The van der Waals surface area contributed by atoms with Crippen LogP contribution in [0.4, 0.5) is 0 Å². The summed E-state index contributed by atoms with van der Waals surface area (Å²) in [5.41, 5.74) is 0. The molecule has 144 valence electrons. The van der Waals surface area contributed by atoms with Crippen molar-refractivity contribution in [3.05, 3.63) is 0 Å². The Morgan fingerprint density at radius 3 is 2.32 bits per heavy atom. The predicted molar refractivity (Wildman–Crippen MR) is 102 cm³/mol. The number of piperidine rings is 1. The van der Waals surface area contributed by atoms with Gasteiger partial charge < -0.3 is 20.4 Å². The van der Waals surface area contributed by atoms with Crippen LogP contribution in [0.15, 0.2) is 4.99 Å². The number of rotatable bonds is 8. The molecule has 2 amide bonds. The van der Waals surface area contributed by atoms with Gasteiger partial charge in [-0.25, -0.2) is 0 Å². The molecule has 1 fully saturated rings. The zero-order valence-electron chi connectivity index (χ0n) is 16.3. The molecule has 0 atom stereocenters. The van der Waals surface area contributed by atoms with Gasteiger partial charge in [-0.15, -0.1) is 0 Å². The number of hydrogen-bond acceptors (Lipinski definition) is 3. The Morgan fingerprint density at radius 1 is 1.16 bits per heavy atom. The molecule has 1 aliphatic rings. The van der Waals surface area contributed by atoms with E-state index in [-0.39, 0.29) is 11.8 Å². The van der Waals surface area contributed by atoms with Crippen molar-refractivity contribution >= 4 is 17.8 Å². The maximum atomic E-state index is 12.1. The molecule has 7 heteroatoms. The first-order valence-electron chi connectivity index (χ1n) is 9.57. The fourth-order valence-corrected chi connectivity index (χ4v) is 3.13. The summed E-state index contributed by atoms with van der Waals surface area (Å²) in [7, 11) is 1.69. The van der Waals surface area contributed by atoms with Gasteiger partial charge in [0.15, 0.2) is 5.96 Å². The topological polar surface area (TPSA) is 77.0 Å². The number of carbonyl (C=O) groups is 2. The number of hydrogen-bond donors (Lipinski definition) is 2. The Hall–Kier alpha value is -1.79. The minimum atomic E-state index is 0.119. The summed E-state index contributed by atoms with van der Waals surface area (Å²) in [5.74, 6) is 1.61. The lowest BCUT2D eigenvalue weighted by Crippen LogP contribution is -2.46. The van der Waals surface area contributed by atoms with Gasteiger partial charge in [0.25, 0.3) is 0 Å². The molecule has 1 aliphatic heterocycles. The third-order valence-electron chi connectivity index (χ3n) is 4.71. The Bertz CT molecular complexity index is 441. The predicted octanol–water partition coefficient (Wildman–Crippen LogP) is 1.06. The summed E-state index contributed by atoms with van der Waals surface area (Å²) < 4.78 is 0. The van der Waals surface area contributed by atoms with Crippen molar-refractivity contribution in [2.75, 3.05) is 46.3 Å². The molecule has 2 N–H and O–H groups in total. The molecule has 1 saturated heterocycles. The van der Waals surface area contributed by atoms with E-state index in [2.05, 4.69) is 27.4 Å². The van der Waals surface area contributed by atoms with Crippen LogP contribution in [0.3, 0.4) is 0 Å². The van der Waals surface area contributed by atoms with Crippen LogP contribution in [0.25, 0.3) is 0 Å². The van der Waals surface area contributed by atoms with Crippen molar-refractivity contribution in [2.45, 2.75) is 46.5 Å². The van der Waals surface area contributed by atoms with Gasteiger partial charge in [0.2, 0.25) is 11.8 Å². The quantitative estimate of drug-likeness (QED) is 0.505. The standard InChI is InChI=1S/C18H35N5O2/c1-5-20-18(21-11-8-17(25)22(6-2)7-3)23-12-9-15(10-13-23)14-16(24)19-4/h15H,5-14H2,1-4H3,(H,19,24)(H,20,21). The number of carbonyl (C=O) groups excluding carboxylic acids is 2. The van der Waals surface area contributed by atoms with Gasteiger partial charge in [0.05, 0.1) is 6.54 Å². The fraction of sp³-hybridized carbons (Fsp3) is 0.833. The number of aliphatic imine (C=N–C) groups is 1. The van der Waals surface area contributed by atoms with E-state index in [1.807, 2.05) is 18.7 Å². The fourth-order valence-electron chi connectivity index (χ4n) is 3.13. The van der Waals surface area contributed by atoms with Crippen LogP contribution in [0, 0.1) is 5.92 Å². The van der Waals surface area contributed by atoms with E-state index in [0.717, 1.165) is 51.5 Å². The number of amides is 2. The van der Waals surface area contributed by atoms with Gasteiger partial charge in [-0.2, -0.15) is 0 Å². The highest BCUT2D eigenvalue weighted by atomic mass is 16.2. The van der Waals surface area contributed by atoms with E-state index in [1.165, 1.54) is 0 Å². The summed E-state index contributed by atoms with van der Waals surface area (Å²) in [4.78, 5) is 32.3. The Labute approximate surface area is 152 Å². The lowest BCUT2D eigenvalue weighted by atomic mass is 9.93. The highest BCUT2D eigenvalue weighted by molar-refractivity contribution is 5.81. The second kappa shape index (κ2) is 11.7. The summed E-state index contributed by atoms with van der Waals surface area (Å²) in [6.07, 6.45) is 3.05. The Morgan fingerprint density at radius 2 is 1.80 bits per heavy atom. The molecular weight excluding hydrogens is 318 g/mol. The second-order valence-corrected chi connectivity index (χ2v) is 6.36. The third-order valence-corrected chi connectivity index (χ3v) is 4.71. The molecule has 0 radical (unpaired) electrons. The van der Waals surface area contributed by atoms with Gasteiger partial charge in [-0.05, 0) is 39.5 Å². The summed E-state index contributed by atoms with van der Waals surface area (Å²) in [6, 6.07) is 0. The molecule has 0 aliphatic carbocycles. The molecule has 0 aromatic heterocycles. The molecule has 0 aromatic rings. The molecule has 0 saturated carbocycles. The van der Waals surface area contributed by atoms with Crippen LogP contribution in [-0.2, 0) is 9.59 Å². The maximum Gasteiger partial charge on any atom is 0.224 e. The van der Waals surface area contributed by atoms with Crippen molar-refractivity contribution in [2.24, 2.45) is 10.9 Å². The van der Waals surface area contributed by atoms with Gasteiger partial charge in [0.1, 0.15) is 0 Å². The lowest BCUT2D eigenvalue weighted by molar-refractivity contribution is -0.130. The van der Waals surface area contributed by atoms with Crippen molar-refractivity contribution < 1.29 is 9.59 Å². The van der Waals surface area contributed by atoms with E-state index in [0.29, 0.717) is 25.3 Å². The average Bonchev–Trinajstić information content (AvgIpc) is 2.62. The van der Waals surface area contributed by atoms with Crippen molar-refractivity contribution in [3.8, 4) is 0 Å². The number of nitrogens with zero attached hydrogens (tertiary/aromatic N) is 3. The zero-order chi connectivity index (χ0) is 18.7. The van der Waals surface area contributed by atoms with E-state index in [9.17, 15) is 9.59 Å². The molecule has 0 bridgehead atoms. The lowest BCUT2D eigenvalue weighted by Gasteiger charge is -2.34. The van der Waals surface area contributed by atoms with Gasteiger partial charge in [-0.3, -0.25) is 14.6 Å². The Balaban J connectivity index is 2.51. The van der Waals surface area contributed by atoms with E-state index >= 15 is 0 Å². The molecule has 1 rings (SSSR count). The monoisotopic (exact) mass is 353 g/mol. The summed E-state index contributed by atoms with van der Waals surface area (Å²) >= 11 is 0. The molecule has 25 heavy (non-hydrogen) atoms. The third kappa shape index (κ3) is 7.32. The van der Waals surface area contributed by atoms with Crippen molar-refractivity contribution in [1.29, 1.82) is 0 Å². The number of likely N-dealkylation sites (tertiary alicyclic amines) is 1. The second-order valence-electron chi connectivity index (χ2n) is 6.36. The van der Waals surface area contributed by atoms with Crippen molar-refractivity contribution in [3.63, 3.8) is 0 Å². The van der Waals surface area contributed by atoms with Crippen LogP contribution < -0.4 is 10.6 Å². The zero-order valence-corrected chi connectivity index (χ0v) is 16.3. The Kier molecular flexibility index (Phi) is 9.96. The maximum absolute atomic E-state index is 12.1. The van der Waals surface area contributed by atoms with E-state index in [1.54, 1.807) is 7.05 Å². The molecule has 0 spiro atoms. The van der Waals surface area contributed by atoms with Crippen molar-refractivity contribution in [1.82, 2.24) is 20.4 Å². The smallest absolute Gasteiger partial charge is 0.224 e. The largest absolute Gasteiger partial charge is 0.359 e. The SMILES string of the molecule is CCNC(=NCCC(=O)N(CC)CC)N1CCC(CC(=O)NC)CC1. The van der Waals surface area contributed by atoms with Crippen LogP contribution >= 0.6 is 0 Å². The van der Waals surface area contributed by atoms with E-state index in [4.69, 9.17) is 0 Å². The summed E-state index contributed by atoms with van der Waals surface area (Å²) in [5, 5.41) is 6.02. The van der Waals surface area contributed by atoms with Crippen LogP contribution in [0.2, 0.25) is 0 Å². The number of guanidine groups is 1. The highest BCUT2D eigenvalue weighted by Gasteiger charge is 2.23. The molecule has 0 aromatic carbocycles. The van der Waals surface area contributed by atoms with Crippen LogP contribution in [-0.4, -0.2) is 73.9 Å². The molecule has 1 heterocycles. The molecule has 7 nitrogen and oxygen atoms in total. The van der Waals surface area contributed by atoms with Gasteiger partial charge in [0, 0.05) is 52.6 Å². The van der Waals surface area contributed by atoms with Crippen LogP contribution in [0.5, 0.6) is 0 Å². The minimum absolute atomic E-state index is 0.119. The van der Waals surface area contributed by atoms with E-state index < -0.39 is 0 Å². The average molecular weight is 354 g/mol. The first-order valence-corrected chi connectivity index (χ1v) is 9.57. The molecule has 0 unspecified atom stereocenters. The summed E-state index contributed by atoms with van der Waals surface area (Å²) in [6.45, 7) is 10.7. The minimum Gasteiger partial charge on any atom is -0.359 e. The highest BCUT2D eigenvalue weighted by Crippen LogP contribution is 2.20. The van der Waals surface area contributed by atoms with Gasteiger partial charge in [-0.1, -0.05) is 0 Å². The first-order chi connectivity index (χ1) is 12.0. The first kappa shape index (κ1) is 21.3. The van der Waals surface area contributed by atoms with Gasteiger partial charge >= 0.3 is 0 Å². The molecular formula is C18H35N5O2.